The summed E-state index contributed by atoms with van der Waals surface area (Å²) in [4.78, 5) is 0. The first-order chi connectivity index (χ1) is 9.61. The molecule has 0 unspecified atom stereocenters. The highest BCUT2D eigenvalue weighted by molar-refractivity contribution is 6.34. The summed E-state index contributed by atoms with van der Waals surface area (Å²) in [6, 6.07) is 12.0. The maximum absolute atomic E-state index is 13.0. The van der Waals surface area contributed by atoms with Gasteiger partial charge in [0.05, 0.1) is 0 Å². The lowest BCUT2D eigenvalue weighted by Crippen LogP contribution is -1.93. The Labute approximate surface area is 126 Å². The summed E-state index contributed by atoms with van der Waals surface area (Å²) < 4.78 is 26.1. The van der Waals surface area contributed by atoms with Gasteiger partial charge in [0.1, 0.15) is 11.6 Å². The van der Waals surface area contributed by atoms with E-state index in [1.807, 2.05) is 0 Å². The van der Waals surface area contributed by atoms with Crippen LogP contribution in [-0.4, -0.2) is 5.88 Å². The van der Waals surface area contributed by atoms with Crippen LogP contribution in [0.2, 0.25) is 0 Å². The normalized spacial score (nSPS) is 10.4. The molecule has 4 heteroatoms. The number of allylic oxidation sites excluding steroid dienone is 1. The van der Waals surface area contributed by atoms with Gasteiger partial charge in [-0.25, -0.2) is 8.78 Å². The lowest BCUT2D eigenvalue weighted by molar-refractivity contribution is 0.627. The maximum atomic E-state index is 13.0. The van der Waals surface area contributed by atoms with Gasteiger partial charge in [0, 0.05) is 16.5 Å². The molecule has 0 atom stereocenters. The molecular weight excluding hydrogens is 301 g/mol. The smallest absolute Gasteiger partial charge is 0.123 e. The van der Waals surface area contributed by atoms with E-state index in [1.54, 1.807) is 24.3 Å². The zero-order valence-electron chi connectivity index (χ0n) is 10.5. The van der Waals surface area contributed by atoms with Gasteiger partial charge in [-0.2, -0.15) is 0 Å². The van der Waals surface area contributed by atoms with E-state index in [4.69, 9.17) is 23.2 Å². The van der Waals surface area contributed by atoms with E-state index in [1.165, 1.54) is 24.3 Å². The lowest BCUT2D eigenvalue weighted by Gasteiger charge is -2.11. The third-order valence-corrected chi connectivity index (χ3v) is 3.42. The maximum Gasteiger partial charge on any atom is 0.123 e. The van der Waals surface area contributed by atoms with Crippen LogP contribution in [0.15, 0.2) is 53.6 Å². The van der Waals surface area contributed by atoms with Gasteiger partial charge < -0.3 is 0 Å². The molecule has 0 saturated carbocycles. The highest BCUT2D eigenvalue weighted by Gasteiger charge is 2.11. The summed E-state index contributed by atoms with van der Waals surface area (Å²) in [5.74, 6) is -0.258. The molecule has 0 aliphatic carbocycles. The Kier molecular flexibility index (Phi) is 5.16. The summed E-state index contributed by atoms with van der Waals surface area (Å²) in [5.41, 5.74) is 2.29. The molecule has 0 aliphatic heterocycles. The van der Waals surface area contributed by atoms with E-state index in [0.29, 0.717) is 17.3 Å². The quantitative estimate of drug-likeness (QED) is 0.645. The number of alkyl halides is 1. The van der Waals surface area contributed by atoms with Crippen LogP contribution in [0.25, 0.3) is 5.57 Å². The zero-order chi connectivity index (χ0) is 14.5. The van der Waals surface area contributed by atoms with Crippen LogP contribution in [0.5, 0.6) is 0 Å². The summed E-state index contributed by atoms with van der Waals surface area (Å²) in [6.07, 6.45) is 0.493. The van der Waals surface area contributed by atoms with E-state index >= 15 is 0 Å². The van der Waals surface area contributed by atoms with E-state index in [9.17, 15) is 8.78 Å². The van der Waals surface area contributed by atoms with Crippen molar-refractivity contribution >= 4 is 28.8 Å². The summed E-state index contributed by atoms with van der Waals surface area (Å²) in [5, 5.41) is 0.568. The van der Waals surface area contributed by atoms with Gasteiger partial charge in [-0.05, 0) is 41.8 Å². The predicted molar refractivity (Wildman–Crippen MR) is 80.0 cm³/mol. The third-order valence-electron chi connectivity index (χ3n) is 2.85. The Morgan fingerprint density at radius 1 is 0.800 bits per heavy atom. The minimum Gasteiger partial charge on any atom is -0.207 e. The molecule has 20 heavy (non-hydrogen) atoms. The second-order valence-corrected chi connectivity index (χ2v) is 5.07. The van der Waals surface area contributed by atoms with Crippen LogP contribution in [0.1, 0.15) is 17.5 Å². The second kappa shape index (κ2) is 6.87. The Morgan fingerprint density at radius 3 is 1.55 bits per heavy atom. The van der Waals surface area contributed by atoms with Crippen molar-refractivity contribution in [2.75, 3.05) is 5.88 Å². The summed E-state index contributed by atoms with van der Waals surface area (Å²) in [7, 11) is 0. The van der Waals surface area contributed by atoms with Crippen molar-refractivity contribution < 1.29 is 8.78 Å². The highest BCUT2D eigenvalue weighted by Crippen LogP contribution is 2.31. The average Bonchev–Trinajstić information content (AvgIpc) is 2.44. The second-order valence-electron chi connectivity index (χ2n) is 4.23. The first kappa shape index (κ1) is 15.0. The molecule has 0 radical (unpaired) electrons. The first-order valence-corrected chi connectivity index (χ1v) is 6.99. The molecule has 0 heterocycles. The van der Waals surface area contributed by atoms with Crippen LogP contribution in [-0.2, 0) is 0 Å². The SMILES string of the molecule is Fc1ccc(C(=C(Cl)CCCl)c2ccc(F)cc2)cc1. The fourth-order valence-corrected chi connectivity index (χ4v) is 2.52. The van der Waals surface area contributed by atoms with Crippen molar-refractivity contribution in [2.45, 2.75) is 6.42 Å². The molecule has 104 valence electrons. The van der Waals surface area contributed by atoms with Crippen molar-refractivity contribution in [3.63, 3.8) is 0 Å². The van der Waals surface area contributed by atoms with Gasteiger partial charge >= 0.3 is 0 Å². The largest absolute Gasteiger partial charge is 0.207 e. The lowest BCUT2D eigenvalue weighted by atomic mass is 9.97. The number of hydrogen-bond acceptors (Lipinski definition) is 0. The molecule has 2 aromatic carbocycles. The molecule has 0 N–H and O–H groups in total. The molecule has 2 rings (SSSR count). The number of halogens is 4. The van der Waals surface area contributed by atoms with Crippen molar-refractivity contribution in [3.8, 4) is 0 Å². The Bertz CT molecular complexity index is 554. The highest BCUT2D eigenvalue weighted by atomic mass is 35.5. The third kappa shape index (κ3) is 3.59. The Morgan fingerprint density at radius 2 is 1.20 bits per heavy atom. The van der Waals surface area contributed by atoms with Crippen LogP contribution in [0, 0.1) is 11.6 Å². The van der Waals surface area contributed by atoms with Crippen molar-refractivity contribution in [1.82, 2.24) is 0 Å². The van der Waals surface area contributed by atoms with Crippen LogP contribution in [0.3, 0.4) is 0 Å². The van der Waals surface area contributed by atoms with Crippen LogP contribution in [0.4, 0.5) is 8.78 Å². The molecule has 0 bridgehead atoms. The Balaban J connectivity index is 2.53. The topological polar surface area (TPSA) is 0 Å². The van der Waals surface area contributed by atoms with Gasteiger partial charge in [0.25, 0.3) is 0 Å². The van der Waals surface area contributed by atoms with Gasteiger partial charge in [-0.3, -0.25) is 0 Å². The average molecular weight is 313 g/mol. The summed E-state index contributed by atoms with van der Waals surface area (Å²) >= 11 is 12.0. The van der Waals surface area contributed by atoms with E-state index in [0.717, 1.165) is 16.7 Å². The molecule has 0 aliphatic rings. The molecule has 0 aromatic heterocycles. The standard InChI is InChI=1S/C16H12Cl2F2/c17-10-9-15(18)16(11-1-5-13(19)6-2-11)12-3-7-14(20)8-4-12/h1-8H,9-10H2. The van der Waals surface area contributed by atoms with Crippen LogP contribution < -0.4 is 0 Å². The fraction of sp³-hybridized carbons (Fsp3) is 0.125. The van der Waals surface area contributed by atoms with Gasteiger partial charge in [-0.15, -0.1) is 11.6 Å². The summed E-state index contributed by atoms with van der Waals surface area (Å²) in [6.45, 7) is 0. The van der Waals surface area contributed by atoms with E-state index in [2.05, 4.69) is 0 Å². The van der Waals surface area contributed by atoms with E-state index < -0.39 is 0 Å². The van der Waals surface area contributed by atoms with Crippen LogP contribution >= 0.6 is 23.2 Å². The first-order valence-electron chi connectivity index (χ1n) is 6.08. The van der Waals surface area contributed by atoms with Crippen molar-refractivity contribution in [3.05, 3.63) is 76.3 Å². The predicted octanol–water partition coefficient (Wildman–Crippen LogP) is 5.59. The van der Waals surface area contributed by atoms with Crippen molar-refractivity contribution in [2.24, 2.45) is 0 Å². The van der Waals surface area contributed by atoms with Gasteiger partial charge in [-0.1, -0.05) is 35.9 Å². The van der Waals surface area contributed by atoms with E-state index in [-0.39, 0.29) is 11.6 Å². The van der Waals surface area contributed by atoms with Crippen molar-refractivity contribution in [1.29, 1.82) is 0 Å². The Hall–Kier alpha value is -1.38. The molecule has 2 aromatic rings. The molecular formula is C16H12Cl2F2. The minimum atomic E-state index is -0.319. The number of hydrogen-bond donors (Lipinski definition) is 0. The number of rotatable bonds is 4. The molecule has 0 saturated heterocycles. The number of benzene rings is 2. The molecule has 0 spiro atoms. The molecule has 0 amide bonds. The molecule has 0 fully saturated rings. The van der Waals surface area contributed by atoms with Gasteiger partial charge in [0.2, 0.25) is 0 Å². The van der Waals surface area contributed by atoms with Gasteiger partial charge in [0.15, 0.2) is 0 Å². The fourth-order valence-electron chi connectivity index (χ4n) is 1.92. The zero-order valence-corrected chi connectivity index (χ0v) is 12.1. The minimum absolute atomic E-state index is 0.319. The monoisotopic (exact) mass is 312 g/mol. The molecule has 0 nitrogen and oxygen atoms in total.